The van der Waals surface area contributed by atoms with Gasteiger partial charge in [-0.3, -0.25) is 4.79 Å². The third-order valence-electron chi connectivity index (χ3n) is 5.27. The standard InChI is InChI=1S/C22H17FN4O4S/c1-30-14-6-4-5-13(11-14)20-24-18(31-25-20)12-26-17-9-10-32-19(17)21(28)27(22(26)29)16-8-3-2-7-15(16)23/h2-11,17,19H,12H2,1H3. The lowest BCUT2D eigenvalue weighted by Crippen LogP contribution is -2.62. The van der Waals surface area contributed by atoms with Gasteiger partial charge in [0.2, 0.25) is 11.7 Å². The van der Waals surface area contributed by atoms with Gasteiger partial charge in [0.05, 0.1) is 18.8 Å². The molecule has 0 aliphatic carbocycles. The van der Waals surface area contributed by atoms with E-state index in [4.69, 9.17) is 9.26 Å². The van der Waals surface area contributed by atoms with Gasteiger partial charge < -0.3 is 14.2 Å². The van der Waals surface area contributed by atoms with Crippen LogP contribution in [0.25, 0.3) is 11.4 Å². The van der Waals surface area contributed by atoms with Crippen molar-refractivity contribution in [3.8, 4) is 17.1 Å². The summed E-state index contributed by atoms with van der Waals surface area (Å²) >= 11 is 1.29. The van der Waals surface area contributed by atoms with Crippen molar-refractivity contribution >= 4 is 29.4 Å². The molecular formula is C22H17FN4O4S. The summed E-state index contributed by atoms with van der Waals surface area (Å²) in [6.45, 7) is -0.0277. The molecule has 32 heavy (non-hydrogen) atoms. The number of rotatable bonds is 5. The Bertz CT molecular complexity index is 1230. The summed E-state index contributed by atoms with van der Waals surface area (Å²) in [5, 5.41) is 5.20. The molecule has 2 aliphatic heterocycles. The fourth-order valence-electron chi connectivity index (χ4n) is 3.71. The van der Waals surface area contributed by atoms with Crippen LogP contribution in [0.2, 0.25) is 0 Å². The molecular weight excluding hydrogens is 435 g/mol. The number of urea groups is 1. The Balaban J connectivity index is 1.45. The van der Waals surface area contributed by atoms with Crippen molar-refractivity contribution in [2.45, 2.75) is 17.8 Å². The van der Waals surface area contributed by atoms with E-state index >= 15 is 0 Å². The van der Waals surface area contributed by atoms with E-state index in [-0.39, 0.29) is 18.1 Å². The maximum absolute atomic E-state index is 14.4. The second-order valence-electron chi connectivity index (χ2n) is 7.16. The van der Waals surface area contributed by atoms with E-state index in [9.17, 15) is 14.0 Å². The van der Waals surface area contributed by atoms with E-state index in [1.165, 1.54) is 34.9 Å². The van der Waals surface area contributed by atoms with E-state index in [1.807, 2.05) is 6.07 Å². The number of hydrogen-bond acceptors (Lipinski definition) is 7. The molecule has 2 unspecified atom stereocenters. The number of fused-ring (bicyclic) bond motifs is 1. The first kappa shape index (κ1) is 20.3. The number of aromatic nitrogens is 2. The van der Waals surface area contributed by atoms with Gasteiger partial charge in [-0.2, -0.15) is 4.98 Å². The lowest BCUT2D eigenvalue weighted by molar-refractivity contribution is -0.119. The molecule has 5 rings (SSSR count). The first-order chi connectivity index (χ1) is 15.6. The van der Waals surface area contributed by atoms with Gasteiger partial charge in [0.1, 0.15) is 23.4 Å². The van der Waals surface area contributed by atoms with Gasteiger partial charge in [-0.15, -0.1) is 11.8 Å². The average molecular weight is 452 g/mol. The van der Waals surface area contributed by atoms with Crippen LogP contribution in [0.5, 0.6) is 5.75 Å². The van der Waals surface area contributed by atoms with E-state index in [0.717, 1.165) is 4.90 Å². The number of imide groups is 1. The second kappa shape index (κ2) is 8.12. The van der Waals surface area contributed by atoms with Crippen molar-refractivity contribution in [1.29, 1.82) is 0 Å². The summed E-state index contributed by atoms with van der Waals surface area (Å²) in [7, 11) is 1.56. The van der Waals surface area contributed by atoms with Gasteiger partial charge in [-0.1, -0.05) is 35.5 Å². The van der Waals surface area contributed by atoms with Crippen LogP contribution in [0.4, 0.5) is 14.9 Å². The Morgan fingerprint density at radius 3 is 2.84 bits per heavy atom. The van der Waals surface area contributed by atoms with Crippen LogP contribution in [0.3, 0.4) is 0 Å². The van der Waals surface area contributed by atoms with Crippen molar-refractivity contribution in [3.05, 3.63) is 71.7 Å². The third kappa shape index (κ3) is 3.42. The first-order valence-electron chi connectivity index (χ1n) is 9.75. The van der Waals surface area contributed by atoms with Crippen LogP contribution in [0.15, 0.2) is 64.5 Å². The Kier molecular flexibility index (Phi) is 5.14. The predicted octanol–water partition coefficient (Wildman–Crippen LogP) is 3.85. The highest BCUT2D eigenvalue weighted by Crippen LogP contribution is 2.37. The van der Waals surface area contributed by atoms with Crippen LogP contribution < -0.4 is 9.64 Å². The summed E-state index contributed by atoms with van der Waals surface area (Å²) in [4.78, 5) is 33.0. The normalized spacial score (nSPS) is 20.1. The number of hydrogen-bond donors (Lipinski definition) is 0. The minimum Gasteiger partial charge on any atom is -0.497 e. The van der Waals surface area contributed by atoms with Crippen molar-refractivity contribution in [2.24, 2.45) is 0 Å². The molecule has 3 heterocycles. The number of carbonyl (C=O) groups is 2. The maximum Gasteiger partial charge on any atom is 0.332 e. The topological polar surface area (TPSA) is 88.8 Å². The van der Waals surface area contributed by atoms with Gasteiger partial charge in [0, 0.05) is 5.56 Å². The minimum atomic E-state index is -0.651. The molecule has 2 aliphatic rings. The molecule has 1 aromatic heterocycles. The lowest BCUT2D eigenvalue weighted by Gasteiger charge is -2.40. The Morgan fingerprint density at radius 1 is 1.19 bits per heavy atom. The molecule has 10 heteroatoms. The monoisotopic (exact) mass is 452 g/mol. The summed E-state index contributed by atoms with van der Waals surface area (Å²) in [6, 6.07) is 11.8. The summed E-state index contributed by atoms with van der Waals surface area (Å²) in [5.74, 6) is 0.0806. The zero-order valence-electron chi connectivity index (χ0n) is 16.8. The quantitative estimate of drug-likeness (QED) is 0.581. The number of nitrogens with zero attached hydrogens (tertiary/aromatic N) is 4. The van der Waals surface area contributed by atoms with Crippen molar-refractivity contribution in [1.82, 2.24) is 15.0 Å². The highest BCUT2D eigenvalue weighted by molar-refractivity contribution is 8.03. The summed E-state index contributed by atoms with van der Waals surface area (Å²) in [6.07, 6.45) is 1.78. The smallest absolute Gasteiger partial charge is 0.332 e. The molecule has 162 valence electrons. The number of amides is 3. The number of halogens is 1. The first-order valence-corrected chi connectivity index (χ1v) is 10.7. The number of thioether (sulfide) groups is 1. The van der Waals surface area contributed by atoms with E-state index < -0.39 is 29.0 Å². The molecule has 1 fully saturated rings. The number of anilines is 1. The highest BCUT2D eigenvalue weighted by Gasteiger charge is 2.48. The number of methoxy groups -OCH3 is 1. The largest absolute Gasteiger partial charge is 0.497 e. The Labute approximate surface area is 186 Å². The molecule has 0 bridgehead atoms. The minimum absolute atomic E-state index is 0.0277. The molecule has 2 atom stereocenters. The predicted molar refractivity (Wildman–Crippen MR) is 115 cm³/mol. The maximum atomic E-state index is 14.4. The molecule has 0 radical (unpaired) electrons. The Morgan fingerprint density at radius 2 is 2.03 bits per heavy atom. The van der Waals surface area contributed by atoms with Crippen molar-refractivity contribution in [2.75, 3.05) is 12.0 Å². The Hall–Kier alpha value is -3.66. The number of para-hydroxylation sites is 1. The molecule has 1 saturated heterocycles. The fourth-order valence-corrected chi connectivity index (χ4v) is 4.75. The average Bonchev–Trinajstić information content (AvgIpc) is 3.48. The summed E-state index contributed by atoms with van der Waals surface area (Å²) < 4.78 is 25.0. The van der Waals surface area contributed by atoms with Crippen LogP contribution in [0, 0.1) is 5.82 Å². The van der Waals surface area contributed by atoms with Gasteiger partial charge in [-0.25, -0.2) is 14.1 Å². The molecule has 0 N–H and O–H groups in total. The SMILES string of the molecule is COc1cccc(-c2noc(CN3C(=O)N(c4ccccc4F)C(=O)C4SC=CC43)n2)c1. The van der Waals surface area contributed by atoms with E-state index in [2.05, 4.69) is 10.1 Å². The molecule has 8 nitrogen and oxygen atoms in total. The number of benzene rings is 2. The van der Waals surface area contributed by atoms with Crippen LogP contribution in [0.1, 0.15) is 5.89 Å². The van der Waals surface area contributed by atoms with Gasteiger partial charge in [0.25, 0.3) is 5.91 Å². The molecule has 3 amide bonds. The van der Waals surface area contributed by atoms with Crippen LogP contribution >= 0.6 is 11.8 Å². The van der Waals surface area contributed by atoms with Crippen molar-refractivity contribution < 1.29 is 23.2 Å². The van der Waals surface area contributed by atoms with E-state index in [0.29, 0.717) is 17.1 Å². The lowest BCUT2D eigenvalue weighted by atomic mass is 10.1. The fraction of sp³-hybridized carbons (Fsp3) is 0.182. The van der Waals surface area contributed by atoms with Gasteiger partial charge in [0.15, 0.2) is 0 Å². The zero-order valence-corrected chi connectivity index (χ0v) is 17.7. The number of ether oxygens (including phenoxy) is 1. The second-order valence-corrected chi connectivity index (χ2v) is 8.21. The van der Waals surface area contributed by atoms with Crippen molar-refractivity contribution in [3.63, 3.8) is 0 Å². The molecule has 0 saturated carbocycles. The zero-order chi connectivity index (χ0) is 22.2. The highest BCUT2D eigenvalue weighted by atomic mass is 32.2. The van der Waals surface area contributed by atoms with Gasteiger partial charge in [-0.05, 0) is 29.7 Å². The van der Waals surface area contributed by atoms with Gasteiger partial charge >= 0.3 is 6.03 Å². The summed E-state index contributed by atoms with van der Waals surface area (Å²) in [5.41, 5.74) is 0.614. The molecule has 3 aromatic rings. The van der Waals surface area contributed by atoms with Crippen LogP contribution in [-0.4, -0.2) is 45.4 Å². The van der Waals surface area contributed by atoms with E-state index in [1.54, 1.807) is 42.9 Å². The molecule has 0 spiro atoms. The number of carbonyl (C=O) groups excluding carboxylic acids is 2. The van der Waals surface area contributed by atoms with Crippen LogP contribution in [-0.2, 0) is 11.3 Å². The molecule has 2 aromatic carbocycles. The third-order valence-corrected chi connectivity index (χ3v) is 6.35.